The Bertz CT molecular complexity index is 1180. The van der Waals surface area contributed by atoms with Gasteiger partial charge < -0.3 is 19.8 Å². The first-order valence-electron chi connectivity index (χ1n) is 10.5. The molecule has 1 amide bonds. The van der Waals surface area contributed by atoms with Gasteiger partial charge in [-0.1, -0.05) is 48.5 Å². The molecule has 0 aliphatic carbocycles. The van der Waals surface area contributed by atoms with Crippen molar-refractivity contribution in [3.8, 4) is 11.5 Å². The summed E-state index contributed by atoms with van der Waals surface area (Å²) in [6.07, 6.45) is 3.90. The van der Waals surface area contributed by atoms with Crippen LogP contribution in [0.25, 0.3) is 17.1 Å². The number of ether oxygens (including phenoxy) is 2. The van der Waals surface area contributed by atoms with Crippen LogP contribution in [0.2, 0.25) is 0 Å². The van der Waals surface area contributed by atoms with Gasteiger partial charge in [0, 0.05) is 19.0 Å². The number of aromatic amines is 1. The average Bonchev–Trinajstić information content (AvgIpc) is 3.25. The van der Waals surface area contributed by atoms with E-state index < -0.39 is 0 Å². The number of imidazole rings is 1. The van der Waals surface area contributed by atoms with Gasteiger partial charge in [-0.05, 0) is 41.5 Å². The first-order valence-corrected chi connectivity index (χ1v) is 10.5. The van der Waals surface area contributed by atoms with Crippen LogP contribution in [0.3, 0.4) is 0 Å². The third-order valence-corrected chi connectivity index (χ3v) is 4.95. The van der Waals surface area contributed by atoms with Crippen molar-refractivity contribution in [2.45, 2.75) is 13.0 Å². The van der Waals surface area contributed by atoms with Crippen molar-refractivity contribution in [2.75, 3.05) is 13.7 Å². The van der Waals surface area contributed by atoms with Crippen LogP contribution < -0.4 is 14.8 Å². The normalized spacial score (nSPS) is 11.0. The number of carbonyl (C=O) groups is 1. The molecule has 0 fully saturated rings. The van der Waals surface area contributed by atoms with Gasteiger partial charge in [0.1, 0.15) is 12.4 Å². The van der Waals surface area contributed by atoms with E-state index >= 15 is 0 Å². The highest BCUT2D eigenvalue weighted by Crippen LogP contribution is 2.29. The summed E-state index contributed by atoms with van der Waals surface area (Å²) < 4.78 is 11.3. The van der Waals surface area contributed by atoms with Crippen molar-refractivity contribution in [3.63, 3.8) is 0 Å². The van der Waals surface area contributed by atoms with Crippen LogP contribution in [0.4, 0.5) is 0 Å². The number of methoxy groups -OCH3 is 1. The highest BCUT2D eigenvalue weighted by atomic mass is 16.5. The molecule has 32 heavy (non-hydrogen) atoms. The zero-order chi connectivity index (χ0) is 22.2. The lowest BCUT2D eigenvalue weighted by molar-refractivity contribution is -0.116. The Labute approximate surface area is 186 Å². The second kappa shape index (κ2) is 10.3. The fourth-order valence-electron chi connectivity index (χ4n) is 3.30. The summed E-state index contributed by atoms with van der Waals surface area (Å²) in [6.45, 7) is 0.957. The molecule has 0 unspecified atom stereocenters. The van der Waals surface area contributed by atoms with Gasteiger partial charge >= 0.3 is 0 Å². The average molecular weight is 428 g/mol. The standard InChI is InChI=1S/C26H25N3O3/c1-31-24-17-19(11-13-23(24)32-18-20-7-3-2-4-8-20)12-14-26(30)27-16-15-25-28-21-9-5-6-10-22(21)29-25/h2-14,17H,15-16,18H2,1H3,(H,27,30)(H,28,29). The first-order chi connectivity index (χ1) is 15.7. The minimum absolute atomic E-state index is 0.163. The summed E-state index contributed by atoms with van der Waals surface area (Å²) in [5.41, 5.74) is 3.86. The molecule has 1 heterocycles. The number of fused-ring (bicyclic) bond motifs is 1. The Morgan fingerprint density at radius 1 is 1.03 bits per heavy atom. The fraction of sp³-hybridized carbons (Fsp3) is 0.154. The van der Waals surface area contributed by atoms with Gasteiger partial charge in [0.2, 0.25) is 5.91 Å². The van der Waals surface area contributed by atoms with Crippen LogP contribution >= 0.6 is 0 Å². The number of carbonyl (C=O) groups excluding carboxylic acids is 1. The van der Waals surface area contributed by atoms with Crippen LogP contribution in [0, 0.1) is 0 Å². The quantitative estimate of drug-likeness (QED) is 0.385. The van der Waals surface area contributed by atoms with E-state index in [1.807, 2.05) is 72.8 Å². The van der Waals surface area contributed by atoms with Crippen LogP contribution in [0.5, 0.6) is 11.5 Å². The molecule has 4 aromatic rings. The van der Waals surface area contributed by atoms with Gasteiger partial charge in [0.15, 0.2) is 11.5 Å². The summed E-state index contributed by atoms with van der Waals surface area (Å²) in [4.78, 5) is 19.9. The number of hydrogen-bond donors (Lipinski definition) is 2. The van der Waals surface area contributed by atoms with E-state index in [4.69, 9.17) is 9.47 Å². The third kappa shape index (κ3) is 5.55. The lowest BCUT2D eigenvalue weighted by atomic mass is 10.2. The number of nitrogens with zero attached hydrogens (tertiary/aromatic N) is 1. The van der Waals surface area contributed by atoms with Crippen molar-refractivity contribution in [1.82, 2.24) is 15.3 Å². The molecule has 1 aromatic heterocycles. The van der Waals surface area contributed by atoms with Gasteiger partial charge in [0.05, 0.1) is 18.1 Å². The maximum absolute atomic E-state index is 12.2. The number of benzene rings is 3. The Morgan fingerprint density at radius 2 is 1.84 bits per heavy atom. The maximum Gasteiger partial charge on any atom is 0.244 e. The van der Waals surface area contributed by atoms with Crippen molar-refractivity contribution in [2.24, 2.45) is 0 Å². The van der Waals surface area contributed by atoms with Crippen molar-refractivity contribution < 1.29 is 14.3 Å². The van der Waals surface area contributed by atoms with E-state index in [2.05, 4.69) is 15.3 Å². The van der Waals surface area contributed by atoms with E-state index in [0.29, 0.717) is 31.1 Å². The summed E-state index contributed by atoms with van der Waals surface area (Å²) >= 11 is 0. The van der Waals surface area contributed by atoms with E-state index in [9.17, 15) is 4.79 Å². The first kappa shape index (κ1) is 21.2. The van der Waals surface area contributed by atoms with Crippen LogP contribution in [0.15, 0.2) is 78.9 Å². The second-order valence-electron chi connectivity index (χ2n) is 7.26. The fourth-order valence-corrected chi connectivity index (χ4v) is 3.30. The molecule has 3 aromatic carbocycles. The van der Waals surface area contributed by atoms with Gasteiger partial charge in [-0.3, -0.25) is 4.79 Å². The summed E-state index contributed by atoms with van der Waals surface area (Å²) in [7, 11) is 1.60. The predicted octanol–water partition coefficient (Wildman–Crippen LogP) is 4.52. The highest BCUT2D eigenvalue weighted by molar-refractivity contribution is 5.91. The third-order valence-electron chi connectivity index (χ3n) is 4.95. The van der Waals surface area contributed by atoms with Gasteiger partial charge in [-0.15, -0.1) is 0 Å². The number of H-pyrrole nitrogens is 1. The summed E-state index contributed by atoms with van der Waals surface area (Å²) in [6, 6.07) is 23.4. The molecule has 6 heteroatoms. The number of rotatable bonds is 9. The smallest absolute Gasteiger partial charge is 0.244 e. The molecule has 0 aliphatic rings. The molecule has 4 rings (SSSR count). The molecule has 0 aliphatic heterocycles. The number of hydrogen-bond acceptors (Lipinski definition) is 4. The van der Waals surface area contributed by atoms with E-state index in [-0.39, 0.29) is 5.91 Å². The molecule has 0 spiro atoms. The van der Waals surface area contributed by atoms with Crippen molar-refractivity contribution >= 4 is 23.0 Å². The highest BCUT2D eigenvalue weighted by Gasteiger charge is 2.06. The molecule has 162 valence electrons. The monoisotopic (exact) mass is 427 g/mol. The Balaban J connectivity index is 1.29. The minimum atomic E-state index is -0.163. The van der Waals surface area contributed by atoms with E-state index in [0.717, 1.165) is 28.0 Å². The van der Waals surface area contributed by atoms with Crippen LogP contribution in [-0.2, 0) is 17.8 Å². The predicted molar refractivity (Wildman–Crippen MR) is 126 cm³/mol. The van der Waals surface area contributed by atoms with E-state index in [1.54, 1.807) is 13.2 Å². The van der Waals surface area contributed by atoms with E-state index in [1.165, 1.54) is 6.08 Å². The summed E-state index contributed by atoms with van der Waals surface area (Å²) in [5, 5.41) is 2.88. The molecule has 0 bridgehead atoms. The molecule has 0 atom stereocenters. The van der Waals surface area contributed by atoms with Crippen LogP contribution in [-0.4, -0.2) is 29.5 Å². The lowest BCUT2D eigenvalue weighted by Gasteiger charge is -2.11. The van der Waals surface area contributed by atoms with Gasteiger partial charge in [0.25, 0.3) is 0 Å². The molecular formula is C26H25N3O3. The number of aromatic nitrogens is 2. The molecule has 0 radical (unpaired) electrons. The number of nitrogens with one attached hydrogen (secondary N) is 2. The summed E-state index contributed by atoms with van der Waals surface area (Å²) in [5.74, 6) is 1.97. The Hall–Kier alpha value is -4.06. The zero-order valence-electron chi connectivity index (χ0n) is 17.9. The second-order valence-corrected chi connectivity index (χ2v) is 7.26. The zero-order valence-corrected chi connectivity index (χ0v) is 17.9. The maximum atomic E-state index is 12.2. The number of amides is 1. The largest absolute Gasteiger partial charge is 0.493 e. The topological polar surface area (TPSA) is 76.2 Å². The SMILES string of the molecule is COc1cc(C=CC(=O)NCCc2nc3ccccc3[nH]2)ccc1OCc1ccccc1. The molecule has 2 N–H and O–H groups in total. The van der Waals surface area contributed by atoms with Gasteiger partial charge in [-0.25, -0.2) is 4.98 Å². The van der Waals surface area contributed by atoms with Crippen LogP contribution in [0.1, 0.15) is 17.0 Å². The Morgan fingerprint density at radius 3 is 2.66 bits per heavy atom. The molecule has 0 saturated carbocycles. The lowest BCUT2D eigenvalue weighted by Crippen LogP contribution is -2.23. The van der Waals surface area contributed by atoms with Gasteiger partial charge in [-0.2, -0.15) is 0 Å². The molecular weight excluding hydrogens is 402 g/mol. The van der Waals surface area contributed by atoms with Crippen molar-refractivity contribution in [3.05, 3.63) is 95.8 Å². The Kier molecular flexibility index (Phi) is 6.82. The van der Waals surface area contributed by atoms with Crippen molar-refractivity contribution in [1.29, 1.82) is 0 Å². The minimum Gasteiger partial charge on any atom is -0.493 e. The molecule has 0 saturated heterocycles. The molecule has 6 nitrogen and oxygen atoms in total. The number of para-hydroxylation sites is 2.